The number of hydrogen-bond donors (Lipinski definition) is 4. The normalized spacial score (nSPS) is 22.6. The van der Waals surface area contributed by atoms with E-state index in [0.29, 0.717) is 42.3 Å². The van der Waals surface area contributed by atoms with Gasteiger partial charge in [0.15, 0.2) is 5.82 Å². The molecule has 1 aromatic carbocycles. The lowest BCUT2D eigenvalue weighted by atomic mass is 9.79. The highest BCUT2D eigenvalue weighted by Gasteiger charge is 2.42. The number of Topliss-reactive ketones (excluding diaryl/α,β-unsaturated/α-hetero) is 1. The van der Waals surface area contributed by atoms with E-state index in [9.17, 15) is 18.4 Å². The van der Waals surface area contributed by atoms with Crippen LogP contribution in [0.5, 0.6) is 0 Å². The number of amides is 1. The second-order valence-corrected chi connectivity index (χ2v) is 12.7. The van der Waals surface area contributed by atoms with Crippen molar-refractivity contribution >= 4 is 24.3 Å². The number of carbonyl (C=O) groups excluding carboxylic acids is 2. The molecular weight excluding hydrogens is 656 g/mol. The molecule has 0 radical (unpaired) electrons. The molecule has 8 rings (SSSR count). The second kappa shape index (κ2) is 12.8. The molecule has 3 aliphatic rings. The van der Waals surface area contributed by atoms with E-state index in [2.05, 4.69) is 51.2 Å². The van der Waals surface area contributed by atoms with Crippen LogP contribution < -0.4 is 10.6 Å². The summed E-state index contributed by atoms with van der Waals surface area (Å²) in [5, 5.41) is 5.69. The van der Waals surface area contributed by atoms with Crippen LogP contribution in [0.2, 0.25) is 0 Å². The summed E-state index contributed by atoms with van der Waals surface area (Å²) in [7, 11) is 1.33. The monoisotopic (exact) mass is 689 g/mol. The molecule has 1 aliphatic carbocycles. The minimum atomic E-state index is -2.74. The minimum absolute atomic E-state index is 0. The smallest absolute Gasteiger partial charge is 0.407 e. The third-order valence-electron chi connectivity index (χ3n) is 9.65. The van der Waals surface area contributed by atoms with Gasteiger partial charge in [-0.3, -0.25) is 4.79 Å². The van der Waals surface area contributed by atoms with Crippen molar-refractivity contribution < 1.29 is 23.1 Å². The number of alkyl halides is 2. The molecule has 15 heteroatoms. The van der Waals surface area contributed by atoms with Gasteiger partial charge in [-0.1, -0.05) is 24.3 Å². The van der Waals surface area contributed by atoms with Gasteiger partial charge in [-0.15, -0.1) is 12.4 Å². The first-order valence-corrected chi connectivity index (χ1v) is 15.9. The summed E-state index contributed by atoms with van der Waals surface area (Å²) in [6.07, 6.45) is 9.73. The van der Waals surface area contributed by atoms with Gasteiger partial charge in [-0.25, -0.2) is 33.5 Å². The van der Waals surface area contributed by atoms with Crippen LogP contribution >= 0.6 is 12.4 Å². The Kier molecular flexibility index (Phi) is 8.53. The highest BCUT2D eigenvalue weighted by atomic mass is 35.5. The SMILES string of the molecule is COC(=O)N[C@H]1CCc2ccn3c2C1C(=O)C[C@H](c1ncc(-c2ccc(-c4ncc(-c5cnc([C@@H]6CC(F)(F)CN6)[nH]5)cn4)cc2)[nH]1)C3.Cl. The van der Waals surface area contributed by atoms with Crippen molar-refractivity contribution in [3.63, 3.8) is 0 Å². The molecule has 12 nitrogen and oxygen atoms in total. The van der Waals surface area contributed by atoms with Gasteiger partial charge in [0, 0.05) is 66.8 Å². The van der Waals surface area contributed by atoms with E-state index < -0.39 is 24.0 Å². The lowest BCUT2D eigenvalue weighted by molar-refractivity contribution is -0.121. The topological polar surface area (TPSA) is 155 Å². The van der Waals surface area contributed by atoms with Crippen molar-refractivity contribution in [2.45, 2.75) is 62.1 Å². The maximum absolute atomic E-state index is 13.7. The van der Waals surface area contributed by atoms with Crippen LogP contribution in [-0.2, 0) is 22.5 Å². The minimum Gasteiger partial charge on any atom is -0.453 e. The lowest BCUT2D eigenvalue weighted by Gasteiger charge is -2.31. The number of imidazole rings is 2. The molecule has 0 bridgehead atoms. The number of nitrogens with zero attached hydrogens (tertiary/aromatic N) is 5. The Morgan fingerprint density at radius 2 is 1.65 bits per heavy atom. The van der Waals surface area contributed by atoms with E-state index >= 15 is 0 Å². The third-order valence-corrected chi connectivity index (χ3v) is 9.65. The summed E-state index contributed by atoms with van der Waals surface area (Å²) >= 11 is 0. The van der Waals surface area contributed by atoms with E-state index in [4.69, 9.17) is 4.74 Å². The maximum atomic E-state index is 13.7. The molecule has 1 saturated heterocycles. The van der Waals surface area contributed by atoms with Gasteiger partial charge in [0.1, 0.15) is 17.4 Å². The first-order valence-electron chi connectivity index (χ1n) is 15.9. The van der Waals surface area contributed by atoms with Crippen LogP contribution in [-0.4, -0.2) is 72.0 Å². The van der Waals surface area contributed by atoms with Gasteiger partial charge >= 0.3 is 6.09 Å². The Morgan fingerprint density at radius 3 is 2.37 bits per heavy atom. The third kappa shape index (κ3) is 6.21. The molecule has 4 atom stereocenters. The van der Waals surface area contributed by atoms with E-state index in [-0.39, 0.29) is 43.1 Å². The second-order valence-electron chi connectivity index (χ2n) is 12.7. The Bertz CT molecular complexity index is 1990. The van der Waals surface area contributed by atoms with E-state index in [1.807, 2.05) is 30.5 Å². The predicted octanol–water partition coefficient (Wildman–Crippen LogP) is 5.33. The Hall–Kier alpha value is -4.95. The first kappa shape index (κ1) is 32.6. The van der Waals surface area contributed by atoms with Crippen molar-refractivity contribution in [2.24, 2.45) is 0 Å². The summed E-state index contributed by atoms with van der Waals surface area (Å²) in [5.74, 6) is -1.49. The fraction of sp³-hybridized carbons (Fsp3) is 0.353. The number of hydrogen-bond acceptors (Lipinski definition) is 8. The number of ether oxygens (including phenoxy) is 1. The molecule has 0 spiro atoms. The Labute approximate surface area is 285 Å². The van der Waals surface area contributed by atoms with Gasteiger partial charge in [0.05, 0.1) is 49.4 Å². The predicted molar refractivity (Wildman–Crippen MR) is 177 cm³/mol. The molecule has 4 N–H and O–H groups in total. The molecule has 1 amide bonds. The number of halogens is 3. The fourth-order valence-electron chi connectivity index (χ4n) is 7.22. The molecule has 1 fully saturated rings. The van der Waals surface area contributed by atoms with Crippen molar-refractivity contribution in [1.29, 1.82) is 0 Å². The highest BCUT2D eigenvalue weighted by Crippen LogP contribution is 2.40. The van der Waals surface area contributed by atoms with Crippen LogP contribution in [0.4, 0.5) is 13.6 Å². The standard InChI is InChI=1S/C34H33F2N9O3.ClH/c1-48-33(47)44-23-7-6-19-8-9-45-16-21(10-27(46)28(23)29(19)45)31-39-14-25(42-31)18-2-4-20(5-3-18)30-37-12-22(13-38-30)26-15-40-32(43-26)24-11-34(35,36)17-41-24;/h2-5,8-9,12-15,21,23-24,28,41H,6-7,10-11,16-17H2,1H3,(H,39,42)(H,40,43)(H,44,47);1H/t21-,23-,24-,28?;/m0./s1. The van der Waals surface area contributed by atoms with Crippen LogP contribution in [0.25, 0.3) is 33.9 Å². The summed E-state index contributed by atoms with van der Waals surface area (Å²) in [5.41, 5.74) is 6.06. The Morgan fingerprint density at radius 1 is 0.959 bits per heavy atom. The summed E-state index contributed by atoms with van der Waals surface area (Å²) in [6, 6.07) is 9.03. The zero-order chi connectivity index (χ0) is 33.0. The number of aromatic nitrogens is 7. The molecule has 5 aromatic rings. The Balaban J connectivity index is 0.00000378. The number of ketones is 1. The van der Waals surface area contributed by atoms with Crippen LogP contribution in [0.3, 0.4) is 0 Å². The molecule has 4 aromatic heterocycles. The molecule has 6 heterocycles. The first-order chi connectivity index (χ1) is 23.2. The highest BCUT2D eigenvalue weighted by molar-refractivity contribution is 5.88. The molecule has 2 aliphatic heterocycles. The van der Waals surface area contributed by atoms with E-state index in [1.54, 1.807) is 24.8 Å². The molecular formula is C34H34ClF2N9O3. The number of rotatable bonds is 6. The van der Waals surface area contributed by atoms with Gasteiger partial charge in [-0.2, -0.15) is 0 Å². The summed E-state index contributed by atoms with van der Waals surface area (Å²) in [6.45, 7) is 0.248. The quantitative estimate of drug-likeness (QED) is 0.187. The number of H-pyrrole nitrogens is 2. The number of nitrogens with one attached hydrogen (secondary N) is 4. The van der Waals surface area contributed by atoms with Crippen LogP contribution in [0.15, 0.2) is 61.3 Å². The summed E-state index contributed by atoms with van der Waals surface area (Å²) < 4.78 is 34.2. The van der Waals surface area contributed by atoms with Crippen molar-refractivity contribution in [3.05, 3.63) is 84.2 Å². The van der Waals surface area contributed by atoms with Crippen molar-refractivity contribution in [1.82, 2.24) is 45.1 Å². The molecule has 0 saturated carbocycles. The molecule has 49 heavy (non-hydrogen) atoms. The van der Waals surface area contributed by atoms with E-state index in [0.717, 1.165) is 40.3 Å². The average molecular weight is 690 g/mol. The number of alkyl carbamates (subject to hydrolysis) is 1. The number of aryl methyl sites for hydroxylation is 1. The molecule has 1 unspecified atom stereocenters. The number of benzene rings is 1. The lowest BCUT2D eigenvalue weighted by Crippen LogP contribution is -2.44. The molecule has 254 valence electrons. The van der Waals surface area contributed by atoms with Gasteiger partial charge in [-0.05, 0) is 30.0 Å². The van der Waals surface area contributed by atoms with Crippen molar-refractivity contribution in [2.75, 3.05) is 13.7 Å². The van der Waals surface area contributed by atoms with Gasteiger partial charge in [0.25, 0.3) is 5.92 Å². The fourth-order valence-corrected chi connectivity index (χ4v) is 7.22. The number of methoxy groups -OCH3 is 1. The van der Waals surface area contributed by atoms with Crippen LogP contribution in [0.1, 0.15) is 60.0 Å². The number of carbonyl (C=O) groups is 2. The number of aromatic amines is 2. The van der Waals surface area contributed by atoms with Crippen molar-refractivity contribution in [3.8, 4) is 33.9 Å². The zero-order valence-electron chi connectivity index (χ0n) is 26.5. The van der Waals surface area contributed by atoms with E-state index in [1.165, 1.54) is 7.11 Å². The zero-order valence-corrected chi connectivity index (χ0v) is 27.3. The van der Waals surface area contributed by atoms with Crippen LogP contribution in [0, 0.1) is 0 Å². The maximum Gasteiger partial charge on any atom is 0.407 e. The summed E-state index contributed by atoms with van der Waals surface area (Å²) in [4.78, 5) is 50.3. The largest absolute Gasteiger partial charge is 0.453 e. The van der Waals surface area contributed by atoms with Gasteiger partial charge < -0.3 is 29.9 Å². The van der Waals surface area contributed by atoms with Gasteiger partial charge in [0.2, 0.25) is 0 Å². The average Bonchev–Trinajstić information content (AvgIpc) is 3.90.